The molecule has 0 unspecified atom stereocenters. The number of hydrogen-bond acceptors (Lipinski definition) is 6. The van der Waals surface area contributed by atoms with Gasteiger partial charge < -0.3 is 9.80 Å². The first kappa shape index (κ1) is 14.7. The fourth-order valence-corrected chi connectivity index (χ4v) is 2.75. The van der Waals surface area contributed by atoms with Crippen molar-refractivity contribution in [2.75, 3.05) is 49.1 Å². The number of sulfonamides is 1. The van der Waals surface area contributed by atoms with Gasteiger partial charge in [-0.05, 0) is 30.4 Å². The van der Waals surface area contributed by atoms with Crippen molar-refractivity contribution in [2.45, 2.75) is 0 Å². The van der Waals surface area contributed by atoms with Gasteiger partial charge in [0.15, 0.2) is 0 Å². The molecule has 1 aromatic rings. The highest BCUT2D eigenvalue weighted by Crippen LogP contribution is 2.31. The number of nitroso groups, excluding NO2 is 1. The van der Waals surface area contributed by atoms with Crippen LogP contribution in [0.4, 0.5) is 17.1 Å². The molecule has 0 atom stereocenters. The number of piperazine rings is 1. The minimum atomic E-state index is -3.40. The maximum Gasteiger partial charge on any atom is 0.229 e. The Morgan fingerprint density at radius 1 is 1.20 bits per heavy atom. The van der Waals surface area contributed by atoms with E-state index in [-0.39, 0.29) is 5.69 Å². The Hall–Kier alpha value is -1.67. The highest BCUT2D eigenvalue weighted by Gasteiger charge is 2.18. The van der Waals surface area contributed by atoms with Gasteiger partial charge in [-0.3, -0.25) is 4.72 Å². The van der Waals surface area contributed by atoms with Gasteiger partial charge in [0.1, 0.15) is 5.69 Å². The molecule has 1 aromatic carbocycles. The SMILES string of the molecule is CN1CCN(c2ccc(N=O)cc2NS(C)(=O)=O)CC1. The van der Waals surface area contributed by atoms with Gasteiger partial charge in [-0.15, -0.1) is 4.91 Å². The van der Waals surface area contributed by atoms with Gasteiger partial charge in [0.25, 0.3) is 0 Å². The zero-order chi connectivity index (χ0) is 14.8. The predicted molar refractivity (Wildman–Crippen MR) is 80.1 cm³/mol. The summed E-state index contributed by atoms with van der Waals surface area (Å²) in [6, 6.07) is 4.78. The van der Waals surface area contributed by atoms with E-state index in [1.54, 1.807) is 12.1 Å². The highest BCUT2D eigenvalue weighted by atomic mass is 32.2. The number of rotatable bonds is 4. The summed E-state index contributed by atoms with van der Waals surface area (Å²) in [7, 11) is -1.36. The minimum Gasteiger partial charge on any atom is -0.367 e. The zero-order valence-electron chi connectivity index (χ0n) is 11.5. The van der Waals surface area contributed by atoms with Crippen molar-refractivity contribution in [3.63, 3.8) is 0 Å². The van der Waals surface area contributed by atoms with Gasteiger partial charge in [-0.25, -0.2) is 8.42 Å². The number of nitrogens with one attached hydrogen (secondary N) is 1. The van der Waals surface area contributed by atoms with E-state index in [1.807, 2.05) is 7.05 Å². The summed E-state index contributed by atoms with van der Waals surface area (Å²) in [4.78, 5) is 14.9. The van der Waals surface area contributed by atoms with Crippen LogP contribution in [0.3, 0.4) is 0 Å². The molecule has 1 heterocycles. The lowest BCUT2D eigenvalue weighted by atomic mass is 10.2. The molecule has 8 heteroatoms. The second-order valence-corrected chi connectivity index (χ2v) is 6.71. The first-order chi connectivity index (χ1) is 9.39. The van der Waals surface area contributed by atoms with Crippen molar-refractivity contribution < 1.29 is 8.42 Å². The van der Waals surface area contributed by atoms with Gasteiger partial charge in [-0.2, -0.15) is 0 Å². The smallest absolute Gasteiger partial charge is 0.229 e. The summed E-state index contributed by atoms with van der Waals surface area (Å²) in [5.41, 5.74) is 1.37. The predicted octanol–water partition coefficient (Wildman–Crippen LogP) is 1.21. The van der Waals surface area contributed by atoms with E-state index in [0.717, 1.165) is 38.1 Å². The van der Waals surface area contributed by atoms with Crippen molar-refractivity contribution in [2.24, 2.45) is 5.18 Å². The fourth-order valence-electron chi connectivity index (χ4n) is 2.19. The van der Waals surface area contributed by atoms with Gasteiger partial charge in [0.2, 0.25) is 10.0 Å². The molecular weight excluding hydrogens is 280 g/mol. The Morgan fingerprint density at radius 2 is 1.85 bits per heavy atom. The second kappa shape index (κ2) is 5.76. The van der Waals surface area contributed by atoms with Crippen LogP contribution in [-0.2, 0) is 10.0 Å². The van der Waals surface area contributed by atoms with E-state index < -0.39 is 10.0 Å². The van der Waals surface area contributed by atoms with Crippen LogP contribution >= 0.6 is 0 Å². The molecule has 0 bridgehead atoms. The third-order valence-corrected chi connectivity index (χ3v) is 3.82. The number of nitrogens with zero attached hydrogens (tertiary/aromatic N) is 3. The zero-order valence-corrected chi connectivity index (χ0v) is 12.4. The molecule has 1 aliphatic rings. The van der Waals surface area contributed by atoms with Gasteiger partial charge >= 0.3 is 0 Å². The molecule has 1 aliphatic heterocycles. The summed E-state index contributed by atoms with van der Waals surface area (Å²) >= 11 is 0. The lowest BCUT2D eigenvalue weighted by Gasteiger charge is -2.35. The molecule has 0 saturated carbocycles. The Balaban J connectivity index is 2.33. The first-order valence-electron chi connectivity index (χ1n) is 6.28. The third-order valence-electron chi connectivity index (χ3n) is 3.22. The summed E-state index contributed by atoms with van der Waals surface area (Å²) < 4.78 is 25.3. The minimum absolute atomic E-state index is 0.203. The van der Waals surface area contributed by atoms with Crippen molar-refractivity contribution in [3.05, 3.63) is 23.1 Å². The van der Waals surface area contributed by atoms with Gasteiger partial charge in [0, 0.05) is 26.2 Å². The molecule has 0 radical (unpaired) electrons. The average molecular weight is 298 g/mol. The van der Waals surface area contributed by atoms with E-state index in [1.165, 1.54) is 6.07 Å². The lowest BCUT2D eigenvalue weighted by Crippen LogP contribution is -2.44. The average Bonchev–Trinajstić information content (AvgIpc) is 2.38. The van der Waals surface area contributed by atoms with Crippen molar-refractivity contribution in [3.8, 4) is 0 Å². The molecule has 1 saturated heterocycles. The Morgan fingerprint density at radius 3 is 2.40 bits per heavy atom. The Kier molecular flexibility index (Phi) is 4.24. The Bertz CT molecular complexity index is 595. The van der Waals surface area contributed by atoms with E-state index in [0.29, 0.717) is 5.69 Å². The largest absolute Gasteiger partial charge is 0.367 e. The van der Waals surface area contributed by atoms with Crippen molar-refractivity contribution >= 4 is 27.1 Å². The molecule has 0 aliphatic carbocycles. The van der Waals surface area contributed by atoms with Crippen molar-refractivity contribution in [1.82, 2.24) is 4.90 Å². The highest BCUT2D eigenvalue weighted by molar-refractivity contribution is 7.92. The van der Waals surface area contributed by atoms with Crippen LogP contribution in [0.25, 0.3) is 0 Å². The quantitative estimate of drug-likeness (QED) is 0.845. The van der Waals surface area contributed by atoms with E-state index in [9.17, 15) is 13.3 Å². The maximum absolute atomic E-state index is 11.4. The normalized spacial score (nSPS) is 17.0. The maximum atomic E-state index is 11.4. The lowest BCUT2D eigenvalue weighted by molar-refractivity contribution is 0.313. The fraction of sp³-hybridized carbons (Fsp3) is 0.500. The van der Waals surface area contributed by atoms with E-state index >= 15 is 0 Å². The van der Waals surface area contributed by atoms with E-state index in [4.69, 9.17) is 0 Å². The van der Waals surface area contributed by atoms with Crippen LogP contribution in [0.1, 0.15) is 0 Å². The second-order valence-electron chi connectivity index (χ2n) is 4.96. The molecule has 1 fully saturated rings. The van der Waals surface area contributed by atoms with Crippen LogP contribution in [0.15, 0.2) is 23.4 Å². The molecule has 0 amide bonds. The molecule has 2 rings (SSSR count). The van der Waals surface area contributed by atoms with Gasteiger partial charge in [-0.1, -0.05) is 0 Å². The van der Waals surface area contributed by atoms with Crippen LogP contribution in [0.5, 0.6) is 0 Å². The number of likely N-dealkylation sites (N-methyl/N-ethyl adjacent to an activating group) is 1. The van der Waals surface area contributed by atoms with Crippen LogP contribution < -0.4 is 9.62 Å². The molecule has 110 valence electrons. The van der Waals surface area contributed by atoms with Crippen LogP contribution in [-0.4, -0.2) is 52.8 Å². The number of hydrogen-bond donors (Lipinski definition) is 1. The summed E-state index contributed by atoms with van der Waals surface area (Å²) in [6.07, 6.45) is 1.09. The molecule has 1 N–H and O–H groups in total. The molecule has 20 heavy (non-hydrogen) atoms. The summed E-state index contributed by atoms with van der Waals surface area (Å²) in [5, 5.41) is 2.85. The number of benzene rings is 1. The van der Waals surface area contributed by atoms with Crippen LogP contribution in [0.2, 0.25) is 0 Å². The molecule has 0 aromatic heterocycles. The Labute approximate surface area is 118 Å². The van der Waals surface area contributed by atoms with Crippen molar-refractivity contribution in [1.29, 1.82) is 0 Å². The standard InChI is InChI=1S/C12H18N4O3S/c1-15-5-7-16(8-6-15)12-4-3-10(13-17)9-11(12)14-20(2,18)19/h3-4,9,14H,5-8H2,1-2H3. The molecule has 7 nitrogen and oxygen atoms in total. The topological polar surface area (TPSA) is 82.1 Å². The third kappa shape index (κ3) is 3.67. The van der Waals surface area contributed by atoms with Crippen LogP contribution in [0, 0.1) is 4.91 Å². The summed E-state index contributed by atoms with van der Waals surface area (Å²) in [6.45, 7) is 3.43. The molecule has 0 spiro atoms. The number of anilines is 2. The summed E-state index contributed by atoms with van der Waals surface area (Å²) in [5.74, 6) is 0. The monoisotopic (exact) mass is 298 g/mol. The molecular formula is C12H18N4O3S. The van der Waals surface area contributed by atoms with Gasteiger partial charge in [0.05, 0.1) is 17.6 Å². The van der Waals surface area contributed by atoms with E-state index in [2.05, 4.69) is 19.7 Å². The first-order valence-corrected chi connectivity index (χ1v) is 8.17.